The molecular weight excluding hydrogens is 192 g/mol. The maximum atomic E-state index is 12.1. The number of carbonyl (C=O) groups is 1. The van der Waals surface area contributed by atoms with Gasteiger partial charge in [-0.25, -0.2) is 0 Å². The van der Waals surface area contributed by atoms with E-state index in [0.29, 0.717) is 11.8 Å². The lowest BCUT2D eigenvalue weighted by atomic mass is 10.0. The van der Waals surface area contributed by atoms with E-state index in [1.807, 2.05) is 4.90 Å². The summed E-state index contributed by atoms with van der Waals surface area (Å²) in [4.78, 5) is 14.1. The molecule has 3 fully saturated rings. The summed E-state index contributed by atoms with van der Waals surface area (Å²) in [6.45, 7) is 4.81. The van der Waals surface area contributed by atoms with Crippen molar-refractivity contribution in [2.24, 2.45) is 11.8 Å². The van der Waals surface area contributed by atoms with Gasteiger partial charge in [0.1, 0.15) is 6.10 Å². The first-order valence-electron chi connectivity index (χ1n) is 5.95. The molecule has 3 saturated heterocycles. The van der Waals surface area contributed by atoms with Crippen LogP contribution in [0.15, 0.2) is 0 Å². The average Bonchev–Trinajstić information content (AvgIpc) is 2.92. The summed E-state index contributed by atoms with van der Waals surface area (Å²) in [6, 6.07) is 0. The fraction of sp³-hybridized carbons (Fsp3) is 0.909. The van der Waals surface area contributed by atoms with Gasteiger partial charge in [0.2, 0.25) is 0 Å². The molecule has 3 rings (SSSR count). The number of hydrogen-bond acceptors (Lipinski definition) is 3. The number of nitrogens with zero attached hydrogens (tertiary/aromatic N) is 1. The summed E-state index contributed by atoms with van der Waals surface area (Å²) in [5.74, 6) is 1.62. The SMILES string of the molecule is O=C([C@H]1CCCO1)N1CC2CNCC2C1. The third kappa shape index (κ3) is 1.66. The Kier molecular flexibility index (Phi) is 2.41. The van der Waals surface area contributed by atoms with Crippen molar-refractivity contribution in [1.29, 1.82) is 0 Å². The van der Waals surface area contributed by atoms with Gasteiger partial charge in [0, 0.05) is 32.8 Å². The maximum absolute atomic E-state index is 12.1. The van der Waals surface area contributed by atoms with E-state index >= 15 is 0 Å². The molecule has 4 heteroatoms. The van der Waals surface area contributed by atoms with E-state index in [0.717, 1.165) is 45.6 Å². The number of nitrogens with one attached hydrogen (secondary N) is 1. The van der Waals surface area contributed by atoms with Crippen molar-refractivity contribution in [1.82, 2.24) is 10.2 Å². The van der Waals surface area contributed by atoms with Crippen LogP contribution in [0.3, 0.4) is 0 Å². The van der Waals surface area contributed by atoms with Gasteiger partial charge in [0.05, 0.1) is 0 Å². The molecule has 0 saturated carbocycles. The second-order valence-corrected chi connectivity index (χ2v) is 4.92. The lowest BCUT2D eigenvalue weighted by Gasteiger charge is -2.20. The Morgan fingerprint density at radius 3 is 2.60 bits per heavy atom. The van der Waals surface area contributed by atoms with E-state index in [9.17, 15) is 4.79 Å². The summed E-state index contributed by atoms with van der Waals surface area (Å²) in [5.41, 5.74) is 0. The monoisotopic (exact) mass is 210 g/mol. The second kappa shape index (κ2) is 3.76. The number of rotatable bonds is 1. The number of carbonyl (C=O) groups excluding carboxylic acids is 1. The molecule has 3 aliphatic rings. The maximum Gasteiger partial charge on any atom is 0.251 e. The third-order valence-corrected chi connectivity index (χ3v) is 3.91. The molecule has 0 aromatic rings. The van der Waals surface area contributed by atoms with Crippen LogP contribution in [-0.4, -0.2) is 49.7 Å². The Morgan fingerprint density at radius 2 is 2.00 bits per heavy atom. The molecule has 3 atom stereocenters. The molecule has 0 aromatic carbocycles. The minimum Gasteiger partial charge on any atom is -0.368 e. The van der Waals surface area contributed by atoms with E-state index in [1.54, 1.807) is 0 Å². The molecule has 0 aliphatic carbocycles. The van der Waals surface area contributed by atoms with Crippen LogP contribution < -0.4 is 5.32 Å². The van der Waals surface area contributed by atoms with Crippen molar-refractivity contribution >= 4 is 5.91 Å². The standard InChI is InChI=1S/C11H18N2O2/c14-11(10-2-1-3-15-10)13-6-8-4-12-5-9(8)7-13/h8-10,12H,1-7H2/t8?,9?,10-/m1/s1. The van der Waals surface area contributed by atoms with Crippen molar-refractivity contribution < 1.29 is 9.53 Å². The Morgan fingerprint density at radius 1 is 1.27 bits per heavy atom. The summed E-state index contributed by atoms with van der Waals surface area (Å²) in [5, 5.41) is 3.38. The van der Waals surface area contributed by atoms with Crippen LogP contribution in [0, 0.1) is 11.8 Å². The van der Waals surface area contributed by atoms with E-state index in [1.165, 1.54) is 0 Å². The lowest BCUT2D eigenvalue weighted by molar-refractivity contribution is -0.140. The molecule has 2 unspecified atom stereocenters. The Bertz CT molecular complexity index is 251. The molecule has 3 aliphatic heterocycles. The zero-order chi connectivity index (χ0) is 10.3. The van der Waals surface area contributed by atoms with Crippen LogP contribution in [0.2, 0.25) is 0 Å². The van der Waals surface area contributed by atoms with Crippen molar-refractivity contribution in [2.45, 2.75) is 18.9 Å². The van der Waals surface area contributed by atoms with Gasteiger partial charge in [-0.2, -0.15) is 0 Å². The van der Waals surface area contributed by atoms with E-state index in [2.05, 4.69) is 5.32 Å². The number of amides is 1. The van der Waals surface area contributed by atoms with Gasteiger partial charge in [0.15, 0.2) is 0 Å². The smallest absolute Gasteiger partial charge is 0.251 e. The zero-order valence-electron chi connectivity index (χ0n) is 8.95. The minimum absolute atomic E-state index is 0.128. The molecule has 0 spiro atoms. The van der Waals surface area contributed by atoms with Gasteiger partial charge < -0.3 is 15.0 Å². The molecule has 4 nitrogen and oxygen atoms in total. The van der Waals surface area contributed by atoms with Gasteiger partial charge in [-0.05, 0) is 24.7 Å². The summed E-state index contributed by atoms with van der Waals surface area (Å²) in [6.07, 6.45) is 1.83. The highest BCUT2D eigenvalue weighted by atomic mass is 16.5. The van der Waals surface area contributed by atoms with Crippen LogP contribution >= 0.6 is 0 Å². The van der Waals surface area contributed by atoms with Crippen molar-refractivity contribution in [3.63, 3.8) is 0 Å². The van der Waals surface area contributed by atoms with Gasteiger partial charge in [0.25, 0.3) is 5.91 Å². The summed E-state index contributed by atoms with van der Waals surface area (Å²) in [7, 11) is 0. The van der Waals surface area contributed by atoms with E-state index < -0.39 is 0 Å². The average molecular weight is 210 g/mol. The minimum atomic E-state index is -0.128. The fourth-order valence-electron chi connectivity index (χ4n) is 3.01. The van der Waals surface area contributed by atoms with Crippen molar-refractivity contribution in [3.8, 4) is 0 Å². The van der Waals surface area contributed by atoms with Crippen LogP contribution in [0.5, 0.6) is 0 Å². The largest absolute Gasteiger partial charge is 0.368 e. The zero-order valence-corrected chi connectivity index (χ0v) is 8.95. The number of hydrogen-bond donors (Lipinski definition) is 1. The van der Waals surface area contributed by atoms with Crippen molar-refractivity contribution in [3.05, 3.63) is 0 Å². The van der Waals surface area contributed by atoms with Gasteiger partial charge in [-0.1, -0.05) is 0 Å². The molecule has 0 bridgehead atoms. The molecule has 15 heavy (non-hydrogen) atoms. The molecule has 0 aromatic heterocycles. The van der Waals surface area contributed by atoms with E-state index in [4.69, 9.17) is 4.74 Å². The van der Waals surface area contributed by atoms with Crippen LogP contribution in [-0.2, 0) is 9.53 Å². The number of likely N-dealkylation sites (tertiary alicyclic amines) is 1. The molecule has 3 heterocycles. The predicted octanol–water partition coefficient (Wildman–Crippen LogP) is -0.157. The quantitative estimate of drug-likeness (QED) is 0.654. The Balaban J connectivity index is 1.61. The van der Waals surface area contributed by atoms with Crippen molar-refractivity contribution in [2.75, 3.05) is 32.8 Å². The number of fused-ring (bicyclic) bond motifs is 1. The first-order valence-corrected chi connectivity index (χ1v) is 5.95. The molecule has 1 amide bonds. The van der Waals surface area contributed by atoms with Crippen LogP contribution in [0.1, 0.15) is 12.8 Å². The Labute approximate surface area is 90.0 Å². The fourth-order valence-corrected chi connectivity index (χ4v) is 3.01. The van der Waals surface area contributed by atoms with Gasteiger partial charge in [-0.3, -0.25) is 4.79 Å². The molecule has 84 valence electrons. The Hall–Kier alpha value is -0.610. The van der Waals surface area contributed by atoms with Gasteiger partial charge >= 0.3 is 0 Å². The molecule has 1 N–H and O–H groups in total. The predicted molar refractivity (Wildman–Crippen MR) is 55.4 cm³/mol. The normalized spacial score (nSPS) is 39.7. The topological polar surface area (TPSA) is 41.6 Å². The third-order valence-electron chi connectivity index (χ3n) is 3.91. The second-order valence-electron chi connectivity index (χ2n) is 4.92. The van der Waals surface area contributed by atoms with E-state index in [-0.39, 0.29) is 12.0 Å². The number of ether oxygens (including phenoxy) is 1. The highest BCUT2D eigenvalue weighted by Gasteiger charge is 2.40. The first kappa shape index (κ1) is 9.60. The van der Waals surface area contributed by atoms with Crippen LogP contribution in [0.4, 0.5) is 0 Å². The van der Waals surface area contributed by atoms with Crippen LogP contribution in [0.25, 0.3) is 0 Å². The highest BCUT2D eigenvalue weighted by molar-refractivity contribution is 5.81. The molecular formula is C11H18N2O2. The molecule has 0 radical (unpaired) electrons. The summed E-state index contributed by atoms with van der Waals surface area (Å²) >= 11 is 0. The van der Waals surface area contributed by atoms with Gasteiger partial charge in [-0.15, -0.1) is 0 Å². The first-order chi connectivity index (χ1) is 7.34. The summed E-state index contributed by atoms with van der Waals surface area (Å²) < 4.78 is 5.44. The highest BCUT2D eigenvalue weighted by Crippen LogP contribution is 2.28. The lowest BCUT2D eigenvalue weighted by Crippen LogP contribution is -2.38.